The molecule has 6 amide bonds. The van der Waals surface area contributed by atoms with Crippen LogP contribution in [-0.4, -0.2) is 361 Å². The van der Waals surface area contributed by atoms with Gasteiger partial charge < -0.3 is 146 Å². The first-order valence-electron chi connectivity index (χ1n) is 44.1. The van der Waals surface area contributed by atoms with Crippen LogP contribution in [0, 0.1) is 11.3 Å². The Labute approximate surface area is 785 Å². The van der Waals surface area contributed by atoms with Gasteiger partial charge in [0.1, 0.15) is 73.3 Å². The SMILES string of the molecule is CC(=O)N[C@H]1[C@H](OCCOCCNCC(=O)CCOCC(COCCC(=O)NCCOCCO[C@@H]2O[C@H](COC(C)=O)[C@H](OC(C)=O)[C@H](OC(C)=O)[C@H]2NC(C)=O)(COCCC(=O)NCCOCCO[C@@H]2O[C@H](COC(C)=O)[C@H](OC(C)=O)[C@H](OC(C)=O)[C@H]2NC(C)=O)NC(=O)CCc2ccc(OP(OCCC#N)N(C(C)C)C(C)C)cc2)O[C@H](COC(C)=O)[C@H](OC(C)=O)[C@@H]1OC(C)=O. The number of carbonyl (C=O) groups is 16. The average Bonchev–Trinajstić information content (AvgIpc) is 0.793. The lowest BCUT2D eigenvalue weighted by molar-refractivity contribution is -0.279. The monoisotopic (exact) mass is 1950 g/mol. The lowest BCUT2D eigenvalue weighted by atomic mass is 9.96. The Morgan fingerprint density at radius 1 is 0.407 bits per heavy atom. The molecule has 0 radical (unpaired) electrons. The summed E-state index contributed by atoms with van der Waals surface area (Å²) in [5.41, 5.74) is -0.859. The maximum Gasteiger partial charge on any atom is 0.321 e. The first kappa shape index (κ1) is 117. The van der Waals surface area contributed by atoms with Crippen molar-refractivity contribution in [1.29, 1.82) is 5.26 Å². The van der Waals surface area contributed by atoms with Crippen molar-refractivity contribution in [3.63, 3.8) is 0 Å². The van der Waals surface area contributed by atoms with E-state index in [0.29, 0.717) is 5.75 Å². The summed E-state index contributed by atoms with van der Waals surface area (Å²) in [4.78, 5) is 201. The first-order valence-corrected chi connectivity index (χ1v) is 45.2. The molecule has 3 aliphatic rings. The molecular weight excluding hydrogens is 1810 g/mol. The zero-order valence-electron chi connectivity index (χ0n) is 79.4. The maximum atomic E-state index is 14.5. The van der Waals surface area contributed by atoms with Crippen LogP contribution >= 0.6 is 8.53 Å². The highest BCUT2D eigenvalue weighted by molar-refractivity contribution is 7.45. The van der Waals surface area contributed by atoms with Gasteiger partial charge in [0.15, 0.2) is 55.5 Å². The summed E-state index contributed by atoms with van der Waals surface area (Å²) in [6, 6.07) is 5.52. The molecule has 0 saturated carbocycles. The highest BCUT2D eigenvalue weighted by atomic mass is 31.2. The molecule has 3 saturated heterocycles. The zero-order chi connectivity index (χ0) is 100. The van der Waals surface area contributed by atoms with E-state index in [4.69, 9.17) is 109 Å². The number of nitriles is 1. The standard InChI is InChI=1S/C86H134N9O39P/c1-51(2)95(52(3)4)135(124-31-17-27-87)134-67-21-18-65(19-22-67)20-23-73(111)94-86(49-116-33-25-71(109)89-29-36-113-39-42-119-84-75(92-54(6)97)81(129-63(15)106)78(126-60(12)103)69(132-84)46-122-57(9)100,50-117-34-26-72(110)90-30-37-114-40-43-120-85-76(93-55(7)98)82(130-64(16)107)79(127-61(13)104)70(133-85)47-123-58(10)101)48-115-32-24-66(108)44-88-28-35-112-38-41-118-83-74(91-53(5)96)80(128-62(14)105)77(125-59(11)102)68(131-83)45-121-56(8)99/h18-19,21-22,51-52,68-70,74-85,88H,17,20,23-26,28-50H2,1-16H3,(H,89,109)(H,90,110)(H,91,96)(H,92,97)(H,93,98)(H,94,111)/t68-,69-,70-,74-,75-,76-,77+,78+,79+,80-,81-,82-,83-,84-,85-,135?/m1/s1. The smallest absolute Gasteiger partial charge is 0.321 e. The van der Waals surface area contributed by atoms with E-state index in [1.165, 1.54) is 20.8 Å². The number of Topliss-reactive ketones (excluding diaryl/α,β-unsaturated/α-hetero) is 1. The summed E-state index contributed by atoms with van der Waals surface area (Å²) in [6.45, 7) is 17.8. The van der Waals surface area contributed by atoms with Crippen molar-refractivity contribution >= 4 is 103 Å². The van der Waals surface area contributed by atoms with Gasteiger partial charge in [0.2, 0.25) is 35.4 Å². The zero-order valence-corrected chi connectivity index (χ0v) is 80.3. The number of ether oxygens (including phenoxy) is 21. The molecule has 0 spiro atoms. The van der Waals surface area contributed by atoms with Gasteiger partial charge in [-0.2, -0.15) is 5.26 Å². The van der Waals surface area contributed by atoms with E-state index in [1.54, 1.807) is 24.3 Å². The Morgan fingerprint density at radius 3 is 1.09 bits per heavy atom. The molecule has 0 aliphatic carbocycles. The van der Waals surface area contributed by atoms with Gasteiger partial charge in [-0.15, -0.1) is 0 Å². The minimum atomic E-state index is -1.64. The predicted molar refractivity (Wildman–Crippen MR) is 464 cm³/mol. The van der Waals surface area contributed by atoms with Gasteiger partial charge in [-0.1, -0.05) is 12.1 Å². The molecule has 762 valence electrons. The van der Waals surface area contributed by atoms with Crippen LogP contribution in [0.2, 0.25) is 0 Å². The van der Waals surface area contributed by atoms with Crippen LogP contribution in [0.15, 0.2) is 24.3 Å². The van der Waals surface area contributed by atoms with Gasteiger partial charge in [0, 0.05) is 140 Å². The Hall–Kier alpha value is -9.94. The first-order chi connectivity index (χ1) is 64.1. The lowest BCUT2D eigenvalue weighted by Crippen LogP contribution is -2.66. The van der Waals surface area contributed by atoms with E-state index < -0.39 is 215 Å². The van der Waals surface area contributed by atoms with Crippen molar-refractivity contribution in [2.45, 2.75) is 259 Å². The minimum Gasteiger partial charge on any atom is -0.463 e. The fraction of sp³-hybridized carbons (Fsp3) is 0.733. The van der Waals surface area contributed by atoms with E-state index in [1.807, 2.05) is 27.7 Å². The van der Waals surface area contributed by atoms with Crippen LogP contribution < -0.4 is 41.7 Å². The molecular formula is C86H134N9O39P. The molecule has 3 fully saturated rings. The number of esters is 9. The van der Waals surface area contributed by atoms with E-state index in [0.717, 1.165) is 67.9 Å². The van der Waals surface area contributed by atoms with Crippen molar-refractivity contribution in [3.8, 4) is 11.8 Å². The summed E-state index contributed by atoms with van der Waals surface area (Å²) in [6.07, 6.45) is -16.2. The van der Waals surface area contributed by atoms with Gasteiger partial charge in [0.05, 0.1) is 125 Å². The highest BCUT2D eigenvalue weighted by Gasteiger charge is 2.55. The Balaban J connectivity index is 1.52. The highest BCUT2D eigenvalue weighted by Crippen LogP contribution is 2.46. The molecule has 1 aromatic carbocycles. The lowest BCUT2D eigenvalue weighted by Gasteiger charge is -2.44. The Morgan fingerprint density at radius 2 is 0.756 bits per heavy atom. The number of nitrogens with one attached hydrogen (secondary N) is 7. The van der Waals surface area contributed by atoms with Crippen LogP contribution in [-0.2, 0) is 187 Å². The number of ketones is 1. The summed E-state index contributed by atoms with van der Waals surface area (Å²) in [5, 5.41) is 28.6. The normalized spacial score (nSPS) is 21.7. The van der Waals surface area contributed by atoms with Crippen LogP contribution in [0.25, 0.3) is 0 Å². The summed E-state index contributed by atoms with van der Waals surface area (Å²) >= 11 is 0. The van der Waals surface area contributed by atoms with Crippen LogP contribution in [0.5, 0.6) is 5.75 Å². The summed E-state index contributed by atoms with van der Waals surface area (Å²) < 4.78 is 135. The topological polar surface area (TPSA) is 597 Å². The number of hydrogen-bond acceptors (Lipinski definition) is 42. The van der Waals surface area contributed by atoms with E-state index in [-0.39, 0.29) is 188 Å². The molecule has 1 aromatic rings. The molecule has 3 aliphatic heterocycles. The second-order valence-corrected chi connectivity index (χ2v) is 32.9. The molecule has 4 rings (SSSR count). The van der Waals surface area contributed by atoms with Crippen LogP contribution in [0.4, 0.5) is 0 Å². The van der Waals surface area contributed by atoms with Gasteiger partial charge >= 0.3 is 62.2 Å². The number of amides is 6. The van der Waals surface area contributed by atoms with Crippen LogP contribution in [0.1, 0.15) is 148 Å². The van der Waals surface area contributed by atoms with Gasteiger partial charge in [-0.05, 0) is 51.8 Å². The Kier molecular flexibility index (Phi) is 55.8. The van der Waals surface area contributed by atoms with Gasteiger partial charge in [-0.3, -0.25) is 76.7 Å². The molecule has 3 heterocycles. The van der Waals surface area contributed by atoms with E-state index in [2.05, 4.69) is 48.0 Å². The molecule has 135 heavy (non-hydrogen) atoms. The fourth-order valence-electron chi connectivity index (χ4n) is 13.7. The molecule has 0 aromatic heterocycles. The molecule has 7 N–H and O–H groups in total. The average molecular weight is 1950 g/mol. The van der Waals surface area contributed by atoms with Crippen LogP contribution in [0.3, 0.4) is 0 Å². The number of carbonyl (C=O) groups excluding carboxylic acids is 16. The number of rotatable bonds is 65. The van der Waals surface area contributed by atoms with E-state index >= 15 is 0 Å². The fourth-order valence-corrected chi connectivity index (χ4v) is 15.3. The number of benzene rings is 1. The molecule has 48 nitrogen and oxygen atoms in total. The number of hydrogen-bond donors (Lipinski definition) is 7. The number of aryl methyl sites for hydroxylation is 1. The second kappa shape index (κ2) is 64.2. The third kappa shape index (κ3) is 47.6. The molecule has 1 unspecified atom stereocenters. The second-order valence-electron chi connectivity index (χ2n) is 31.5. The third-order valence-corrected chi connectivity index (χ3v) is 21.1. The summed E-state index contributed by atoms with van der Waals surface area (Å²) in [7, 11) is -1.64. The molecule has 16 atom stereocenters. The predicted octanol–water partition coefficient (Wildman–Crippen LogP) is -0.192. The van der Waals surface area contributed by atoms with Gasteiger partial charge in [-0.25, -0.2) is 4.67 Å². The quantitative estimate of drug-likeness (QED) is 0.0192. The van der Waals surface area contributed by atoms with Crippen molar-refractivity contribution in [2.24, 2.45) is 0 Å². The van der Waals surface area contributed by atoms with Crippen molar-refractivity contribution in [2.75, 3.05) is 152 Å². The summed E-state index contributed by atoms with van der Waals surface area (Å²) in [5.74, 6) is -9.92. The molecule has 0 bridgehead atoms. The third-order valence-electron chi connectivity index (χ3n) is 19.0. The maximum absolute atomic E-state index is 14.5. The Bertz CT molecular complexity index is 3820. The minimum absolute atomic E-state index is 0.0187. The van der Waals surface area contributed by atoms with Crippen molar-refractivity contribution in [3.05, 3.63) is 29.8 Å². The van der Waals surface area contributed by atoms with Crippen molar-refractivity contribution < 1.29 is 185 Å². The van der Waals surface area contributed by atoms with Crippen molar-refractivity contribution in [1.82, 2.24) is 41.9 Å². The van der Waals surface area contributed by atoms with Gasteiger partial charge in [0.25, 0.3) is 0 Å². The van der Waals surface area contributed by atoms with E-state index in [9.17, 15) is 82.0 Å². The largest absolute Gasteiger partial charge is 0.463 e. The number of nitrogens with zero attached hydrogens (tertiary/aromatic N) is 2. The molecule has 49 heteroatoms.